The minimum atomic E-state index is -0.286. The fourth-order valence-electron chi connectivity index (χ4n) is 1.64. The molecule has 0 aromatic heterocycles. The molecule has 0 saturated heterocycles. The third-order valence-electron chi connectivity index (χ3n) is 2.89. The molecule has 0 heterocycles. The van der Waals surface area contributed by atoms with E-state index in [1.807, 2.05) is 45.0 Å². The highest BCUT2D eigenvalue weighted by atomic mass is 16.1. The van der Waals surface area contributed by atoms with Gasteiger partial charge in [0.15, 0.2) is 5.78 Å². The number of allylic oxidation sites excluding steroid dienone is 2. The molecule has 92 valence electrons. The molecule has 1 atom stereocenters. The second-order valence-corrected chi connectivity index (χ2v) is 5.40. The standard InChI is InChI=1S/C16H22O/c1-5-13(14-9-7-6-8-10-14)11-12-15(17)16(2,3)4/h6-13H,5H2,1-4H3/b12-11+. The molecule has 0 saturated carbocycles. The largest absolute Gasteiger partial charge is 0.294 e. The maximum Gasteiger partial charge on any atom is 0.160 e. The Morgan fingerprint density at radius 3 is 2.29 bits per heavy atom. The lowest BCUT2D eigenvalue weighted by molar-refractivity contribution is -0.121. The van der Waals surface area contributed by atoms with Crippen molar-refractivity contribution >= 4 is 5.78 Å². The summed E-state index contributed by atoms with van der Waals surface area (Å²) in [6.07, 6.45) is 4.78. The molecule has 0 amide bonds. The van der Waals surface area contributed by atoms with Crippen molar-refractivity contribution in [3.8, 4) is 0 Å². The predicted octanol–water partition coefficient (Wildman–Crippen LogP) is 4.35. The van der Waals surface area contributed by atoms with Crippen molar-refractivity contribution in [2.24, 2.45) is 5.41 Å². The summed E-state index contributed by atoms with van der Waals surface area (Å²) < 4.78 is 0. The summed E-state index contributed by atoms with van der Waals surface area (Å²) in [6, 6.07) is 10.3. The van der Waals surface area contributed by atoms with Gasteiger partial charge in [-0.2, -0.15) is 0 Å². The van der Waals surface area contributed by atoms with Gasteiger partial charge in [-0.1, -0.05) is 64.1 Å². The molecule has 0 fully saturated rings. The molecule has 1 unspecified atom stereocenters. The lowest BCUT2D eigenvalue weighted by Crippen LogP contribution is -2.17. The predicted molar refractivity (Wildman–Crippen MR) is 73.1 cm³/mol. The molecule has 1 rings (SSSR count). The van der Waals surface area contributed by atoms with Crippen LogP contribution in [0.15, 0.2) is 42.5 Å². The van der Waals surface area contributed by atoms with Gasteiger partial charge in [-0.25, -0.2) is 0 Å². The third-order valence-corrected chi connectivity index (χ3v) is 2.89. The fraction of sp³-hybridized carbons (Fsp3) is 0.438. The number of rotatable bonds is 4. The van der Waals surface area contributed by atoms with Crippen LogP contribution in [0.5, 0.6) is 0 Å². The highest BCUT2D eigenvalue weighted by molar-refractivity contribution is 5.93. The number of carbonyl (C=O) groups is 1. The molecule has 0 aliphatic heterocycles. The molecule has 0 aliphatic rings. The van der Waals surface area contributed by atoms with Crippen LogP contribution in [0.25, 0.3) is 0 Å². The van der Waals surface area contributed by atoms with Crippen molar-refractivity contribution < 1.29 is 4.79 Å². The summed E-state index contributed by atoms with van der Waals surface area (Å²) in [6.45, 7) is 7.99. The molecular weight excluding hydrogens is 208 g/mol. The van der Waals surface area contributed by atoms with Crippen LogP contribution in [0, 0.1) is 5.41 Å². The number of hydrogen-bond donors (Lipinski definition) is 0. The zero-order chi connectivity index (χ0) is 12.9. The Balaban J connectivity index is 2.78. The van der Waals surface area contributed by atoms with Crippen molar-refractivity contribution in [2.75, 3.05) is 0 Å². The number of carbonyl (C=O) groups excluding carboxylic acids is 1. The first-order valence-corrected chi connectivity index (χ1v) is 6.22. The first-order valence-electron chi connectivity index (χ1n) is 6.22. The highest BCUT2D eigenvalue weighted by Crippen LogP contribution is 2.22. The Morgan fingerprint density at radius 2 is 1.82 bits per heavy atom. The van der Waals surface area contributed by atoms with Crippen LogP contribution < -0.4 is 0 Å². The van der Waals surface area contributed by atoms with Crippen molar-refractivity contribution in [1.29, 1.82) is 0 Å². The molecule has 0 aliphatic carbocycles. The van der Waals surface area contributed by atoms with E-state index in [4.69, 9.17) is 0 Å². The summed E-state index contributed by atoms with van der Waals surface area (Å²) in [5.41, 5.74) is 0.985. The van der Waals surface area contributed by atoms with Gasteiger partial charge in [-0.15, -0.1) is 0 Å². The number of ketones is 1. The molecule has 1 aromatic carbocycles. The van der Waals surface area contributed by atoms with Gasteiger partial charge in [0.2, 0.25) is 0 Å². The summed E-state index contributed by atoms with van der Waals surface area (Å²) in [4.78, 5) is 11.8. The Hall–Kier alpha value is -1.37. The summed E-state index contributed by atoms with van der Waals surface area (Å²) in [5, 5.41) is 0. The van der Waals surface area contributed by atoms with E-state index in [1.165, 1.54) is 5.56 Å². The molecule has 0 N–H and O–H groups in total. The maximum atomic E-state index is 11.8. The minimum absolute atomic E-state index is 0.187. The first kappa shape index (κ1) is 13.7. The Labute approximate surface area is 105 Å². The fourth-order valence-corrected chi connectivity index (χ4v) is 1.64. The summed E-state index contributed by atoms with van der Waals surface area (Å²) in [7, 11) is 0. The van der Waals surface area contributed by atoms with Gasteiger partial charge in [0.05, 0.1) is 0 Å². The SMILES string of the molecule is CCC(/C=C/C(=O)C(C)(C)C)c1ccccc1. The molecule has 0 spiro atoms. The molecule has 0 radical (unpaired) electrons. The first-order chi connectivity index (χ1) is 7.95. The topological polar surface area (TPSA) is 17.1 Å². The van der Waals surface area contributed by atoms with E-state index in [-0.39, 0.29) is 11.2 Å². The van der Waals surface area contributed by atoms with E-state index < -0.39 is 0 Å². The summed E-state index contributed by atoms with van der Waals surface area (Å²) >= 11 is 0. The smallest absolute Gasteiger partial charge is 0.160 e. The van der Waals surface area contributed by atoms with E-state index >= 15 is 0 Å². The second kappa shape index (κ2) is 5.81. The van der Waals surface area contributed by atoms with Crippen LogP contribution in [0.1, 0.15) is 45.6 Å². The molecule has 1 heteroatoms. The average Bonchev–Trinajstić information content (AvgIpc) is 2.29. The zero-order valence-electron chi connectivity index (χ0n) is 11.2. The van der Waals surface area contributed by atoms with Gasteiger partial charge in [0.25, 0.3) is 0 Å². The van der Waals surface area contributed by atoms with Crippen LogP contribution in [0.3, 0.4) is 0 Å². The molecule has 1 aromatic rings. The third kappa shape index (κ3) is 4.18. The molecule has 17 heavy (non-hydrogen) atoms. The van der Waals surface area contributed by atoms with E-state index in [0.29, 0.717) is 5.92 Å². The number of hydrogen-bond acceptors (Lipinski definition) is 1. The van der Waals surface area contributed by atoms with E-state index in [9.17, 15) is 4.79 Å². The molecular formula is C16H22O. The van der Waals surface area contributed by atoms with E-state index in [1.54, 1.807) is 6.08 Å². The molecule has 0 bridgehead atoms. The lowest BCUT2D eigenvalue weighted by atomic mass is 9.88. The monoisotopic (exact) mass is 230 g/mol. The van der Waals surface area contributed by atoms with Crippen molar-refractivity contribution in [2.45, 2.75) is 40.0 Å². The normalized spacial score (nSPS) is 13.9. The van der Waals surface area contributed by atoms with Gasteiger partial charge < -0.3 is 0 Å². The molecule has 1 nitrogen and oxygen atoms in total. The van der Waals surface area contributed by atoms with E-state index in [0.717, 1.165) is 6.42 Å². The van der Waals surface area contributed by atoms with Gasteiger partial charge in [0, 0.05) is 11.3 Å². The Bertz CT molecular complexity index is 382. The van der Waals surface area contributed by atoms with E-state index in [2.05, 4.69) is 19.1 Å². The number of benzene rings is 1. The Morgan fingerprint density at radius 1 is 1.24 bits per heavy atom. The van der Waals surface area contributed by atoms with Gasteiger partial charge in [-0.05, 0) is 18.1 Å². The van der Waals surface area contributed by atoms with Crippen molar-refractivity contribution in [3.05, 3.63) is 48.0 Å². The summed E-state index contributed by atoms with van der Waals surface area (Å²) in [5.74, 6) is 0.523. The van der Waals surface area contributed by atoms with Crippen LogP contribution in [0.2, 0.25) is 0 Å². The van der Waals surface area contributed by atoms with Crippen molar-refractivity contribution in [3.63, 3.8) is 0 Å². The van der Waals surface area contributed by atoms with Crippen molar-refractivity contribution in [1.82, 2.24) is 0 Å². The van der Waals surface area contributed by atoms with Gasteiger partial charge in [-0.3, -0.25) is 4.79 Å². The van der Waals surface area contributed by atoms with Crippen LogP contribution in [-0.2, 0) is 4.79 Å². The second-order valence-electron chi connectivity index (χ2n) is 5.40. The zero-order valence-corrected chi connectivity index (χ0v) is 11.2. The minimum Gasteiger partial charge on any atom is -0.294 e. The van der Waals surface area contributed by atoms with Gasteiger partial charge >= 0.3 is 0 Å². The Kier molecular flexibility index (Phi) is 4.68. The van der Waals surface area contributed by atoms with Crippen LogP contribution in [-0.4, -0.2) is 5.78 Å². The van der Waals surface area contributed by atoms with Crippen LogP contribution in [0.4, 0.5) is 0 Å². The van der Waals surface area contributed by atoms with Crippen LogP contribution >= 0.6 is 0 Å². The lowest BCUT2D eigenvalue weighted by Gasteiger charge is -2.15. The quantitative estimate of drug-likeness (QED) is 0.703. The van der Waals surface area contributed by atoms with Gasteiger partial charge in [0.1, 0.15) is 0 Å². The maximum absolute atomic E-state index is 11.8. The average molecular weight is 230 g/mol. The highest BCUT2D eigenvalue weighted by Gasteiger charge is 2.18.